The molecular formula is C22H32Br2ClN5O4Si. The third-order valence-corrected chi connectivity index (χ3v) is 3.42. The van der Waals surface area contributed by atoms with Crippen molar-refractivity contribution in [2.45, 2.75) is 59.7 Å². The molecule has 0 N–H and O–H groups in total. The van der Waals surface area contributed by atoms with Crippen molar-refractivity contribution < 1.29 is 19.1 Å². The van der Waals surface area contributed by atoms with Crippen molar-refractivity contribution in [3.8, 4) is 6.07 Å². The molecule has 0 saturated heterocycles. The lowest BCUT2D eigenvalue weighted by molar-refractivity contribution is -0.143. The minimum atomic E-state index is -0.799. The van der Waals surface area contributed by atoms with Crippen LogP contribution in [0.15, 0.2) is 29.5 Å². The van der Waals surface area contributed by atoms with Crippen molar-refractivity contribution in [3.05, 3.63) is 45.9 Å². The summed E-state index contributed by atoms with van der Waals surface area (Å²) >= 11 is 12.1. The first kappa shape index (κ1) is 35.2. The highest BCUT2D eigenvalue weighted by molar-refractivity contribution is 9.26. The van der Waals surface area contributed by atoms with Crippen LogP contribution in [0.3, 0.4) is 0 Å². The van der Waals surface area contributed by atoms with E-state index in [9.17, 15) is 9.59 Å². The molecule has 2 aromatic rings. The highest BCUT2D eigenvalue weighted by Crippen LogP contribution is 2.07. The smallest absolute Gasteiger partial charge is 0.310 e. The first-order valence-corrected chi connectivity index (χ1v) is 17.6. The van der Waals surface area contributed by atoms with Gasteiger partial charge in [0.25, 0.3) is 0 Å². The van der Waals surface area contributed by atoms with Gasteiger partial charge in [-0.25, -0.2) is 19.9 Å². The number of aromatic nitrogens is 4. The zero-order valence-electron chi connectivity index (χ0n) is 20.8. The number of hydrogen-bond donors (Lipinski definition) is 0. The lowest BCUT2D eigenvalue weighted by Crippen LogP contribution is -2.07. The highest BCUT2D eigenvalue weighted by atomic mass is 79.9. The molecule has 0 saturated carbocycles. The second-order valence-electron chi connectivity index (χ2n) is 7.26. The van der Waals surface area contributed by atoms with E-state index >= 15 is 0 Å². The van der Waals surface area contributed by atoms with Crippen molar-refractivity contribution in [3.63, 3.8) is 0 Å². The number of carbonyl (C=O) groups is 2. The van der Waals surface area contributed by atoms with Gasteiger partial charge in [-0.15, -0.1) is 15.3 Å². The van der Waals surface area contributed by atoms with Gasteiger partial charge in [0, 0.05) is 31.2 Å². The molecule has 0 radical (unpaired) electrons. The fourth-order valence-corrected chi connectivity index (χ4v) is 1.92. The molecule has 0 fully saturated rings. The molecule has 0 aliphatic carbocycles. The SMILES string of the molecule is CCC#N.CCOC(=O)Cc1cnc(Br)nc1.CCOC(=O)Cc1cnc(Cl)nc1.C[Si](C)(C)Br. The van der Waals surface area contributed by atoms with Crippen LogP contribution in [-0.4, -0.2) is 51.8 Å². The standard InChI is InChI=1S/C8H9BrN2O2.C8H9ClN2O2.C3H9BrSi.C3H5N/c2*1-2-13-7(12)3-6-4-10-8(9)11-5-6;1-5(2,3)4;1-2-3-4/h2*4-5H,2-3H2,1H3;1-3H3;2H2,1H3. The van der Waals surface area contributed by atoms with E-state index in [4.69, 9.17) is 26.3 Å². The lowest BCUT2D eigenvalue weighted by atomic mass is 10.2. The molecule has 194 valence electrons. The number of carbonyl (C=O) groups excluding carboxylic acids is 2. The Labute approximate surface area is 229 Å². The topological polar surface area (TPSA) is 128 Å². The van der Waals surface area contributed by atoms with Crippen LogP contribution in [0.25, 0.3) is 0 Å². The largest absolute Gasteiger partial charge is 0.466 e. The van der Waals surface area contributed by atoms with Crippen LogP contribution in [0.4, 0.5) is 0 Å². The third kappa shape index (κ3) is 26.5. The molecule has 35 heavy (non-hydrogen) atoms. The van der Waals surface area contributed by atoms with E-state index in [0.717, 1.165) is 5.56 Å². The van der Waals surface area contributed by atoms with Crippen LogP contribution >= 0.6 is 42.8 Å². The molecule has 0 atom stereocenters. The van der Waals surface area contributed by atoms with E-state index in [-0.39, 0.29) is 30.1 Å². The zero-order chi connectivity index (χ0) is 27.3. The number of ether oxygens (including phenoxy) is 2. The third-order valence-electron chi connectivity index (χ3n) is 2.81. The normalized spacial score (nSPS) is 9.49. The van der Waals surface area contributed by atoms with E-state index in [1.165, 1.54) is 12.4 Å². The maximum atomic E-state index is 11.0. The summed E-state index contributed by atoms with van der Waals surface area (Å²) in [5.41, 5.74) is 1.45. The molecular weight excluding hydrogens is 622 g/mol. The number of halogens is 3. The zero-order valence-corrected chi connectivity index (χ0v) is 25.8. The summed E-state index contributed by atoms with van der Waals surface area (Å²) in [6.07, 6.45) is 7.23. The van der Waals surface area contributed by atoms with Crippen molar-refractivity contribution in [2.75, 3.05) is 13.2 Å². The van der Waals surface area contributed by atoms with Gasteiger partial charge in [-0.1, -0.05) is 26.6 Å². The van der Waals surface area contributed by atoms with E-state index in [1.807, 2.05) is 13.0 Å². The predicted octanol–water partition coefficient (Wildman–Crippen LogP) is 5.72. The molecule has 0 amide bonds. The fourth-order valence-electron chi connectivity index (χ4n) is 1.62. The maximum absolute atomic E-state index is 11.0. The van der Waals surface area contributed by atoms with Crippen LogP contribution in [0.5, 0.6) is 0 Å². The van der Waals surface area contributed by atoms with Gasteiger partial charge in [-0.3, -0.25) is 9.59 Å². The molecule has 0 unspecified atom stereocenters. The maximum Gasteiger partial charge on any atom is 0.310 e. The van der Waals surface area contributed by atoms with Gasteiger partial charge in [0.1, 0.15) is 6.69 Å². The van der Waals surface area contributed by atoms with Crippen LogP contribution in [0.1, 0.15) is 38.3 Å². The molecule has 0 aliphatic heterocycles. The summed E-state index contributed by atoms with van der Waals surface area (Å²) in [6.45, 7) is 12.1. The quantitative estimate of drug-likeness (QED) is 0.167. The number of nitriles is 1. The summed E-state index contributed by atoms with van der Waals surface area (Å²) in [4.78, 5) is 37.3. The van der Waals surface area contributed by atoms with Gasteiger partial charge in [-0.05, 0) is 52.5 Å². The Morgan fingerprint density at radius 3 is 1.51 bits per heavy atom. The van der Waals surface area contributed by atoms with E-state index in [2.05, 4.69) is 70.8 Å². The van der Waals surface area contributed by atoms with Crippen molar-refractivity contribution in [2.24, 2.45) is 0 Å². The first-order chi connectivity index (χ1) is 16.4. The highest BCUT2D eigenvalue weighted by Gasteiger charge is 2.05. The van der Waals surface area contributed by atoms with Gasteiger partial charge in [0.15, 0.2) is 4.73 Å². The summed E-state index contributed by atoms with van der Waals surface area (Å²) in [6, 6.07) is 1.93. The first-order valence-electron chi connectivity index (χ1n) is 10.7. The number of nitrogens with zero attached hydrogens (tertiary/aromatic N) is 5. The van der Waals surface area contributed by atoms with Crippen molar-refractivity contribution in [1.82, 2.24) is 19.9 Å². The van der Waals surface area contributed by atoms with Crippen LogP contribution < -0.4 is 0 Å². The monoisotopic (exact) mass is 651 g/mol. The molecule has 0 bridgehead atoms. The molecule has 0 spiro atoms. The number of esters is 2. The summed E-state index contributed by atoms with van der Waals surface area (Å²) < 4.78 is 10.0. The Morgan fingerprint density at radius 1 is 0.914 bits per heavy atom. The van der Waals surface area contributed by atoms with Gasteiger partial charge >= 0.3 is 11.9 Å². The summed E-state index contributed by atoms with van der Waals surface area (Å²) in [5.74, 6) is -0.540. The van der Waals surface area contributed by atoms with Gasteiger partial charge in [0.2, 0.25) is 5.28 Å². The second-order valence-corrected chi connectivity index (χ2v) is 19.6. The Hall–Kier alpha value is -1.94. The van der Waals surface area contributed by atoms with Crippen molar-refractivity contribution >= 4 is 61.5 Å². The van der Waals surface area contributed by atoms with Crippen LogP contribution in [-0.2, 0) is 31.9 Å². The Balaban J connectivity index is 0. The van der Waals surface area contributed by atoms with Gasteiger partial charge < -0.3 is 9.47 Å². The molecule has 0 aliphatic rings. The predicted molar refractivity (Wildman–Crippen MR) is 146 cm³/mol. The summed E-state index contributed by atoms with van der Waals surface area (Å²) in [7, 11) is 0. The van der Waals surface area contributed by atoms with Gasteiger partial charge in [0.05, 0.1) is 32.1 Å². The minimum Gasteiger partial charge on any atom is -0.466 e. The van der Waals surface area contributed by atoms with Gasteiger partial charge in [-0.2, -0.15) is 5.26 Å². The summed E-state index contributed by atoms with van der Waals surface area (Å²) in [5, 5.41) is 7.80. The average molecular weight is 654 g/mol. The lowest BCUT2D eigenvalue weighted by Gasteiger charge is -2.00. The Kier molecular flexibility index (Phi) is 21.5. The van der Waals surface area contributed by atoms with E-state index < -0.39 is 6.69 Å². The Morgan fingerprint density at radius 2 is 1.23 bits per heavy atom. The van der Waals surface area contributed by atoms with Crippen LogP contribution in [0.2, 0.25) is 24.9 Å². The van der Waals surface area contributed by atoms with Crippen molar-refractivity contribution in [1.29, 1.82) is 5.26 Å². The molecule has 2 aromatic heterocycles. The molecule has 2 rings (SSSR count). The Bertz CT molecular complexity index is 825. The molecule has 13 heteroatoms. The number of hydrogen-bond acceptors (Lipinski definition) is 9. The molecule has 9 nitrogen and oxygen atoms in total. The second kappa shape index (κ2) is 21.3. The number of rotatable bonds is 6. The average Bonchev–Trinajstić information content (AvgIpc) is 2.77. The molecule has 2 heterocycles. The van der Waals surface area contributed by atoms with E-state index in [0.29, 0.717) is 29.9 Å². The van der Waals surface area contributed by atoms with E-state index in [1.54, 1.807) is 26.2 Å². The fraction of sp³-hybridized carbons (Fsp3) is 0.500. The van der Waals surface area contributed by atoms with Crippen LogP contribution in [0, 0.1) is 11.3 Å². The molecule has 0 aromatic carbocycles. The minimum absolute atomic E-state index is 0.174.